The van der Waals surface area contributed by atoms with E-state index < -0.39 is 11.0 Å². The molecule has 2 aliphatic heterocycles. The smallest absolute Gasteiger partial charge is 0.433 e. The van der Waals surface area contributed by atoms with Gasteiger partial charge in [0.1, 0.15) is 22.6 Å². The van der Waals surface area contributed by atoms with E-state index >= 15 is 4.39 Å². The Kier molecular flexibility index (Phi) is 7.27. The summed E-state index contributed by atoms with van der Waals surface area (Å²) in [5.74, 6) is -0.0120. The number of nitrogens with one attached hydrogen (secondary N) is 2. The Morgan fingerprint density at radius 3 is 2.71 bits per heavy atom. The molecule has 0 unspecified atom stereocenters. The lowest BCUT2D eigenvalue weighted by Gasteiger charge is -2.31. The van der Waals surface area contributed by atoms with Gasteiger partial charge >= 0.3 is 12.0 Å². The molecule has 182 valence electrons. The number of ether oxygens (including phenoxy) is 1. The molecule has 2 fully saturated rings. The highest BCUT2D eigenvalue weighted by molar-refractivity contribution is 7.80. The third kappa shape index (κ3) is 5.45. The number of hydrogen-bond donors (Lipinski definition) is 2. The number of anilines is 1. The van der Waals surface area contributed by atoms with Crippen LogP contribution in [0.3, 0.4) is 0 Å². The van der Waals surface area contributed by atoms with Crippen LogP contribution in [0.4, 0.5) is 20.8 Å². The van der Waals surface area contributed by atoms with Crippen LogP contribution in [0.1, 0.15) is 30.1 Å². The molecule has 2 N–H and O–H groups in total. The average molecular weight is 492 g/mol. The van der Waals surface area contributed by atoms with Crippen molar-refractivity contribution in [1.82, 2.24) is 15.5 Å². The van der Waals surface area contributed by atoms with E-state index in [1.807, 2.05) is 0 Å². The van der Waals surface area contributed by atoms with Crippen LogP contribution in [0.2, 0.25) is 0 Å². The molecule has 2 aromatic rings. The molecule has 0 aliphatic carbocycles. The summed E-state index contributed by atoms with van der Waals surface area (Å²) >= 11 is 5.03. The standard InChI is InChI=1S/C22H26FN5O5S/c1-24-21(34)25-11-17-13-27(22(29)33-17)15-2-4-18(19(23)10-15)14-6-8-26(9-7-14)12-16-3-5-20(32-16)28(30)31/h2-5,10,14,17H,6-9,11-13H2,1H3,(H2,24,25,34)/t17-/m0/s1. The Morgan fingerprint density at radius 1 is 1.29 bits per heavy atom. The highest BCUT2D eigenvalue weighted by Gasteiger charge is 2.33. The van der Waals surface area contributed by atoms with Gasteiger partial charge in [0.15, 0.2) is 5.11 Å². The van der Waals surface area contributed by atoms with Crippen molar-refractivity contribution in [2.45, 2.75) is 31.4 Å². The molecule has 2 aliphatic rings. The maximum absolute atomic E-state index is 15.0. The summed E-state index contributed by atoms with van der Waals surface area (Å²) in [6.45, 7) is 2.60. The first-order valence-electron chi connectivity index (χ1n) is 11.0. The summed E-state index contributed by atoms with van der Waals surface area (Å²) in [6.07, 6.45) is 0.607. The molecule has 1 amide bonds. The lowest BCUT2D eigenvalue weighted by molar-refractivity contribution is -0.402. The van der Waals surface area contributed by atoms with Gasteiger partial charge in [-0.2, -0.15) is 0 Å². The monoisotopic (exact) mass is 491 g/mol. The largest absolute Gasteiger partial charge is 0.442 e. The fourth-order valence-corrected chi connectivity index (χ4v) is 4.40. The van der Waals surface area contributed by atoms with Crippen molar-refractivity contribution in [1.29, 1.82) is 0 Å². The van der Waals surface area contributed by atoms with Crippen LogP contribution in [0.15, 0.2) is 34.7 Å². The van der Waals surface area contributed by atoms with Crippen LogP contribution in [-0.2, 0) is 11.3 Å². The second-order valence-electron chi connectivity index (χ2n) is 8.33. The van der Waals surface area contributed by atoms with E-state index in [2.05, 4.69) is 15.5 Å². The summed E-state index contributed by atoms with van der Waals surface area (Å²) in [6, 6.07) is 7.85. The van der Waals surface area contributed by atoms with Crippen molar-refractivity contribution in [2.24, 2.45) is 0 Å². The summed E-state index contributed by atoms with van der Waals surface area (Å²) < 4.78 is 25.6. The summed E-state index contributed by atoms with van der Waals surface area (Å²) in [7, 11) is 1.70. The number of carbonyl (C=O) groups is 1. The Balaban J connectivity index is 1.32. The summed E-state index contributed by atoms with van der Waals surface area (Å²) in [5, 5.41) is 17.0. The molecule has 12 heteroatoms. The molecule has 4 rings (SSSR count). The predicted octanol–water partition coefficient (Wildman–Crippen LogP) is 3.13. The second-order valence-corrected chi connectivity index (χ2v) is 8.74. The zero-order valence-electron chi connectivity index (χ0n) is 18.7. The Hall–Kier alpha value is -3.25. The number of benzene rings is 1. The molecule has 1 aromatic carbocycles. The minimum absolute atomic E-state index is 0.0567. The van der Waals surface area contributed by atoms with Crippen molar-refractivity contribution in [2.75, 3.05) is 38.1 Å². The number of hydrogen-bond acceptors (Lipinski definition) is 7. The highest BCUT2D eigenvalue weighted by Crippen LogP contribution is 2.33. The third-order valence-corrected chi connectivity index (χ3v) is 6.47. The molecule has 1 aromatic heterocycles. The van der Waals surface area contributed by atoms with Gasteiger partial charge < -0.3 is 19.8 Å². The van der Waals surface area contributed by atoms with Gasteiger partial charge in [-0.05, 0) is 67.8 Å². The fraction of sp³-hybridized carbons (Fsp3) is 0.455. The number of amides is 1. The van der Waals surface area contributed by atoms with E-state index in [1.165, 1.54) is 17.0 Å². The highest BCUT2D eigenvalue weighted by atomic mass is 32.1. The van der Waals surface area contributed by atoms with Crippen molar-refractivity contribution in [3.05, 3.63) is 57.6 Å². The number of nitrogens with zero attached hydrogens (tertiary/aromatic N) is 3. The molecule has 0 bridgehead atoms. The number of furan rings is 1. The van der Waals surface area contributed by atoms with Gasteiger partial charge in [-0.15, -0.1) is 0 Å². The van der Waals surface area contributed by atoms with Crippen LogP contribution >= 0.6 is 12.2 Å². The molecule has 2 saturated heterocycles. The summed E-state index contributed by atoms with van der Waals surface area (Å²) in [5.41, 5.74) is 1.09. The van der Waals surface area contributed by atoms with Crippen LogP contribution in [0.5, 0.6) is 0 Å². The van der Waals surface area contributed by atoms with Crippen LogP contribution in [-0.4, -0.2) is 60.4 Å². The zero-order valence-corrected chi connectivity index (χ0v) is 19.5. The normalized spacial score (nSPS) is 19.2. The molecule has 10 nitrogen and oxygen atoms in total. The number of carbonyl (C=O) groups excluding carboxylic acids is 1. The van der Waals surface area contributed by atoms with E-state index in [9.17, 15) is 14.9 Å². The Labute approximate surface area is 201 Å². The molecule has 1 atom stereocenters. The predicted molar refractivity (Wildman–Crippen MR) is 126 cm³/mol. The van der Waals surface area contributed by atoms with Gasteiger partial charge in [0, 0.05) is 7.05 Å². The van der Waals surface area contributed by atoms with Gasteiger partial charge in [-0.25, -0.2) is 9.18 Å². The van der Waals surface area contributed by atoms with E-state index in [-0.39, 0.29) is 23.7 Å². The van der Waals surface area contributed by atoms with Crippen LogP contribution in [0.25, 0.3) is 0 Å². The van der Waals surface area contributed by atoms with Gasteiger partial charge in [0.25, 0.3) is 0 Å². The maximum Gasteiger partial charge on any atom is 0.433 e. The number of thiocarbonyl (C=S) groups is 1. The topological polar surface area (TPSA) is 113 Å². The lowest BCUT2D eigenvalue weighted by Crippen LogP contribution is -2.39. The van der Waals surface area contributed by atoms with Crippen LogP contribution in [0, 0.1) is 15.9 Å². The summed E-state index contributed by atoms with van der Waals surface area (Å²) in [4.78, 5) is 26.1. The SMILES string of the molecule is CNC(=S)NC[C@H]1CN(c2ccc(C3CCN(Cc4ccc([N+](=O)[O-])o4)CC3)c(F)c2)C(=O)O1. The molecular formula is C22H26FN5O5S. The minimum atomic E-state index is -0.555. The number of likely N-dealkylation sites (tertiary alicyclic amines) is 1. The molecule has 34 heavy (non-hydrogen) atoms. The second kappa shape index (κ2) is 10.3. The average Bonchev–Trinajstić information content (AvgIpc) is 3.44. The van der Waals surface area contributed by atoms with Gasteiger partial charge in [-0.1, -0.05) is 6.07 Å². The first-order chi connectivity index (χ1) is 16.3. The quantitative estimate of drug-likeness (QED) is 0.343. The van der Waals surface area contributed by atoms with Gasteiger partial charge in [0.05, 0.1) is 31.4 Å². The number of rotatable bonds is 7. The van der Waals surface area contributed by atoms with E-state index in [0.29, 0.717) is 41.8 Å². The van der Waals surface area contributed by atoms with E-state index in [0.717, 1.165) is 25.9 Å². The van der Waals surface area contributed by atoms with Crippen molar-refractivity contribution >= 4 is 35.0 Å². The van der Waals surface area contributed by atoms with E-state index in [1.54, 1.807) is 25.2 Å². The molecule has 0 spiro atoms. The number of nitro groups is 1. The Bertz CT molecular complexity index is 1070. The minimum Gasteiger partial charge on any atom is -0.442 e. The number of piperidine rings is 1. The lowest BCUT2D eigenvalue weighted by atomic mass is 9.89. The molecule has 0 saturated carbocycles. The van der Waals surface area contributed by atoms with Crippen molar-refractivity contribution in [3.8, 4) is 0 Å². The van der Waals surface area contributed by atoms with Gasteiger partial charge in [0.2, 0.25) is 0 Å². The van der Waals surface area contributed by atoms with Crippen LogP contribution < -0.4 is 15.5 Å². The maximum atomic E-state index is 15.0. The van der Waals surface area contributed by atoms with Gasteiger partial charge in [-0.3, -0.25) is 19.9 Å². The Morgan fingerprint density at radius 2 is 2.06 bits per heavy atom. The number of halogens is 1. The fourth-order valence-electron chi connectivity index (χ4n) is 4.32. The molecule has 0 radical (unpaired) electrons. The van der Waals surface area contributed by atoms with E-state index in [4.69, 9.17) is 21.4 Å². The molecule has 3 heterocycles. The molecular weight excluding hydrogens is 465 g/mol. The van der Waals surface area contributed by atoms with Crippen molar-refractivity contribution < 1.29 is 23.3 Å². The third-order valence-electron chi connectivity index (χ3n) is 6.12. The first kappa shape index (κ1) is 23.9. The first-order valence-corrected chi connectivity index (χ1v) is 11.4. The number of cyclic esters (lactones) is 1. The van der Waals surface area contributed by atoms with Crippen molar-refractivity contribution in [3.63, 3.8) is 0 Å². The zero-order chi connectivity index (χ0) is 24.2.